The van der Waals surface area contributed by atoms with Crippen molar-refractivity contribution in [1.29, 1.82) is 0 Å². The van der Waals surface area contributed by atoms with Gasteiger partial charge in [0.05, 0.1) is 72.6 Å². The van der Waals surface area contributed by atoms with E-state index in [2.05, 4.69) is 33.0 Å². The van der Waals surface area contributed by atoms with Gasteiger partial charge in [0.15, 0.2) is 0 Å². The Balaban J connectivity index is 0.00000101. The van der Waals surface area contributed by atoms with E-state index in [-0.39, 0.29) is 67.9 Å². The minimum absolute atomic E-state index is 0.110. The molecule has 0 aromatic rings. The molecule has 2 heterocycles. The highest BCUT2D eigenvalue weighted by Crippen LogP contribution is 2.24. The fourth-order valence-corrected chi connectivity index (χ4v) is 11.1. The number of unbranched alkanes of at least 4 members (excludes halogenated alkanes) is 25. The second-order valence-corrected chi connectivity index (χ2v) is 26.4. The van der Waals surface area contributed by atoms with Gasteiger partial charge >= 0.3 is 42.0 Å². The molecule has 5 unspecified atom stereocenters. The first kappa shape index (κ1) is 94.7. The topological polar surface area (TPSA) is 273 Å². The Kier molecular flexibility index (Phi) is 66.9. The van der Waals surface area contributed by atoms with Crippen LogP contribution in [0.25, 0.3) is 0 Å². The smallest absolute Gasteiger partial charge is 0.418 e. The van der Waals surface area contributed by atoms with E-state index in [1.807, 2.05) is 0 Å². The van der Waals surface area contributed by atoms with E-state index >= 15 is 0 Å². The third kappa shape index (κ3) is 58.7. The molecule has 0 radical (unpaired) electrons. The highest BCUT2D eigenvalue weighted by atomic mass is 16.6. The SMILES string of the molecule is CCCCCCCCOC(=O)CCCCOC1CN(C(=O)OC(=O)NCCCOCCOC)CC1OCCCCCCC(=O)OCCCCCC.CCCCCCCCOC(=O)CCCCOC1COC(COC(=O)CCCCOCCOC)C1OCCCCCCC(=O)OCCCCCC. The van der Waals surface area contributed by atoms with Gasteiger partial charge in [0.1, 0.15) is 37.1 Å². The Morgan fingerprint density at radius 2 is 0.673 bits per heavy atom. The number of ether oxygens (including phenoxy) is 15. The molecule has 101 heavy (non-hydrogen) atoms. The number of carbonyl (C=O) groups is 7. The number of nitrogens with one attached hydrogen (secondary N) is 1. The van der Waals surface area contributed by atoms with E-state index in [1.165, 1.54) is 69.1 Å². The number of methoxy groups -OCH3 is 2. The number of esters is 5. The van der Waals surface area contributed by atoms with Crippen LogP contribution in [0.5, 0.6) is 0 Å². The summed E-state index contributed by atoms with van der Waals surface area (Å²) in [6.45, 7) is 16.9. The summed E-state index contributed by atoms with van der Waals surface area (Å²) in [7, 11) is 3.23. The minimum Gasteiger partial charge on any atom is -0.466 e. The van der Waals surface area contributed by atoms with Crippen LogP contribution in [0.1, 0.15) is 285 Å². The predicted octanol–water partition coefficient (Wildman–Crippen LogP) is 14.8. The molecule has 2 amide bonds. The third-order valence-corrected chi connectivity index (χ3v) is 17.2. The summed E-state index contributed by atoms with van der Waals surface area (Å²) in [5.41, 5.74) is 0. The molecule has 2 aliphatic rings. The quantitative estimate of drug-likeness (QED) is 0.0256. The average molecular weight is 1450 g/mol. The lowest BCUT2D eigenvalue weighted by molar-refractivity contribution is -0.150. The first-order valence-corrected chi connectivity index (χ1v) is 39.7. The molecule has 2 rings (SSSR count). The molecule has 0 saturated carbocycles. The van der Waals surface area contributed by atoms with Gasteiger partial charge in [-0.2, -0.15) is 0 Å². The molecule has 0 spiro atoms. The maximum absolute atomic E-state index is 12.8. The standard InChI is InChI=1S/C39H72O11.C38H70N2O11/c1-4-6-8-10-12-18-28-47-37(41)23-16-21-26-45-34-32-49-35(33-50-38(42)24-15-20-25-44-31-30-43-3)39(34)48-29-19-13-11-14-22-36(40)46-27-17-9-7-5-2;1-4-6-8-10-12-18-28-50-36(42)22-15-19-26-48-34-32-40(38(44)51-37(43)39-23-20-24-46-30-29-45-3)31-33(34)47-25-17-13-11-14-21-35(41)49-27-16-9-7-5-2/h34-35,39H,4-33H2,1-3H3;33-34H,4-32H2,1-3H3,(H,39,43). The maximum Gasteiger partial charge on any atom is 0.418 e. The summed E-state index contributed by atoms with van der Waals surface area (Å²) in [6, 6.07) is 0. The molecule has 2 aliphatic heterocycles. The van der Waals surface area contributed by atoms with Gasteiger partial charge in [0.25, 0.3) is 0 Å². The number of hydrogen-bond acceptors (Lipinski definition) is 22. The number of amides is 2. The highest BCUT2D eigenvalue weighted by molar-refractivity contribution is 5.83. The fraction of sp³-hybridized carbons (Fsp3) is 0.909. The molecule has 0 aromatic carbocycles. The molecule has 24 heteroatoms. The molecule has 0 bridgehead atoms. The lowest BCUT2D eigenvalue weighted by atomic mass is 10.1. The Bertz CT molecular complexity index is 1970. The van der Waals surface area contributed by atoms with Gasteiger partial charge in [0.2, 0.25) is 0 Å². The number of alkyl carbamates (subject to hydrolysis) is 1. The van der Waals surface area contributed by atoms with Crippen molar-refractivity contribution in [2.75, 3.05) is 140 Å². The van der Waals surface area contributed by atoms with Crippen molar-refractivity contribution >= 4 is 42.0 Å². The van der Waals surface area contributed by atoms with Gasteiger partial charge in [0, 0.05) is 92.5 Å². The van der Waals surface area contributed by atoms with Gasteiger partial charge in [-0.25, -0.2) is 9.59 Å². The summed E-state index contributed by atoms with van der Waals surface area (Å²) in [5, 5.41) is 2.57. The fourth-order valence-electron chi connectivity index (χ4n) is 11.1. The number of nitrogens with zero attached hydrogens (tertiary/aromatic N) is 1. The van der Waals surface area contributed by atoms with Gasteiger partial charge in [-0.05, 0) is 96.3 Å². The van der Waals surface area contributed by atoms with E-state index in [0.717, 1.165) is 128 Å². The molecule has 2 fully saturated rings. The zero-order chi connectivity index (χ0) is 73.5. The van der Waals surface area contributed by atoms with Gasteiger partial charge in [-0.15, -0.1) is 0 Å². The van der Waals surface area contributed by atoms with Crippen LogP contribution in [-0.2, 0) is 95.0 Å². The number of hydrogen-bond donors (Lipinski definition) is 1. The van der Waals surface area contributed by atoms with Crippen molar-refractivity contribution in [3.05, 3.63) is 0 Å². The van der Waals surface area contributed by atoms with Crippen LogP contribution in [0, 0.1) is 0 Å². The Hall–Kier alpha value is -4.27. The first-order valence-electron chi connectivity index (χ1n) is 39.7. The van der Waals surface area contributed by atoms with E-state index in [4.69, 9.17) is 71.1 Å². The molecular formula is C77H142N2O22. The van der Waals surface area contributed by atoms with E-state index < -0.39 is 24.4 Å². The Labute approximate surface area is 609 Å². The molecule has 24 nitrogen and oxygen atoms in total. The molecular weight excluding hydrogens is 1300 g/mol. The van der Waals surface area contributed by atoms with E-state index in [9.17, 15) is 33.6 Å². The third-order valence-electron chi connectivity index (χ3n) is 17.2. The lowest BCUT2D eigenvalue weighted by Gasteiger charge is -2.23. The maximum atomic E-state index is 12.8. The van der Waals surface area contributed by atoms with E-state index in [1.54, 1.807) is 14.2 Å². The van der Waals surface area contributed by atoms with Crippen LogP contribution in [-0.4, -0.2) is 217 Å². The zero-order valence-electron chi connectivity index (χ0n) is 64.0. The molecule has 1 N–H and O–H groups in total. The molecule has 592 valence electrons. The van der Waals surface area contributed by atoms with Crippen molar-refractivity contribution < 1.29 is 105 Å². The molecule has 0 aromatic heterocycles. The van der Waals surface area contributed by atoms with Crippen molar-refractivity contribution in [3.8, 4) is 0 Å². The highest BCUT2D eigenvalue weighted by Gasteiger charge is 2.40. The van der Waals surface area contributed by atoms with Crippen LogP contribution >= 0.6 is 0 Å². The zero-order valence-corrected chi connectivity index (χ0v) is 64.0. The largest absolute Gasteiger partial charge is 0.466 e. The number of carbonyl (C=O) groups excluding carboxylic acids is 7. The van der Waals surface area contributed by atoms with Crippen molar-refractivity contribution in [2.24, 2.45) is 0 Å². The normalized spacial score (nSPS) is 16.4. The van der Waals surface area contributed by atoms with Crippen LogP contribution in [0.15, 0.2) is 0 Å². The lowest BCUT2D eigenvalue weighted by Crippen LogP contribution is -2.38. The predicted molar refractivity (Wildman–Crippen MR) is 388 cm³/mol. The van der Waals surface area contributed by atoms with Crippen molar-refractivity contribution in [1.82, 2.24) is 10.2 Å². The van der Waals surface area contributed by atoms with Crippen LogP contribution in [0.3, 0.4) is 0 Å². The second-order valence-electron chi connectivity index (χ2n) is 26.4. The summed E-state index contributed by atoms with van der Waals surface area (Å²) >= 11 is 0. The molecule has 2 saturated heterocycles. The monoisotopic (exact) mass is 1450 g/mol. The summed E-state index contributed by atoms with van der Waals surface area (Å²) in [4.78, 5) is 86.9. The molecule has 5 atom stereocenters. The summed E-state index contributed by atoms with van der Waals surface area (Å²) < 4.78 is 83.3. The summed E-state index contributed by atoms with van der Waals surface area (Å²) in [6.07, 6.45) is 32.7. The minimum atomic E-state index is -0.817. The van der Waals surface area contributed by atoms with Gasteiger partial charge in [-0.3, -0.25) is 24.0 Å². The number of rotatable bonds is 69. The Morgan fingerprint density at radius 1 is 0.347 bits per heavy atom. The van der Waals surface area contributed by atoms with E-state index in [0.29, 0.717) is 170 Å². The second kappa shape index (κ2) is 71.3. The summed E-state index contributed by atoms with van der Waals surface area (Å²) in [5.74, 6) is -0.846. The van der Waals surface area contributed by atoms with Crippen molar-refractivity contribution in [2.45, 2.75) is 315 Å². The van der Waals surface area contributed by atoms with Gasteiger partial charge in [-0.1, -0.05) is 156 Å². The van der Waals surface area contributed by atoms with Crippen LogP contribution < -0.4 is 5.32 Å². The Morgan fingerprint density at radius 3 is 1.10 bits per heavy atom. The van der Waals surface area contributed by atoms with Gasteiger partial charge < -0.3 is 81.3 Å². The first-order chi connectivity index (χ1) is 49.4. The number of likely N-dealkylation sites (tertiary alicyclic amines) is 1. The van der Waals surface area contributed by atoms with Crippen LogP contribution in [0.4, 0.5) is 9.59 Å². The van der Waals surface area contributed by atoms with Crippen molar-refractivity contribution in [3.63, 3.8) is 0 Å². The molecule has 0 aliphatic carbocycles. The average Bonchev–Trinajstić information content (AvgIpc) is 1.73. The van der Waals surface area contributed by atoms with Crippen LogP contribution in [0.2, 0.25) is 0 Å².